The van der Waals surface area contributed by atoms with Crippen LogP contribution in [0.3, 0.4) is 0 Å². The van der Waals surface area contributed by atoms with E-state index in [1.165, 1.54) is 0 Å². The van der Waals surface area contributed by atoms with Gasteiger partial charge in [-0.3, -0.25) is 4.79 Å². The lowest BCUT2D eigenvalue weighted by molar-refractivity contribution is 0.0993. The molecular formula is C17H20N2O. The van der Waals surface area contributed by atoms with Crippen molar-refractivity contribution in [3.05, 3.63) is 59.2 Å². The predicted molar refractivity (Wildman–Crippen MR) is 84.6 cm³/mol. The van der Waals surface area contributed by atoms with E-state index in [0.717, 1.165) is 22.5 Å². The van der Waals surface area contributed by atoms with Gasteiger partial charge in [0, 0.05) is 31.0 Å². The maximum atomic E-state index is 12.5. The van der Waals surface area contributed by atoms with Gasteiger partial charge >= 0.3 is 0 Å². The molecule has 104 valence electrons. The number of aryl methyl sites for hydroxylation is 2. The first-order valence-electron chi connectivity index (χ1n) is 6.65. The zero-order valence-corrected chi connectivity index (χ0v) is 12.4. The Kier molecular flexibility index (Phi) is 4.08. The van der Waals surface area contributed by atoms with Gasteiger partial charge in [-0.05, 0) is 61.4 Å². The zero-order valence-electron chi connectivity index (χ0n) is 12.4. The molecule has 0 aromatic heterocycles. The van der Waals surface area contributed by atoms with E-state index in [4.69, 9.17) is 0 Å². The highest BCUT2D eigenvalue weighted by molar-refractivity contribution is 6.05. The van der Waals surface area contributed by atoms with Crippen molar-refractivity contribution in [2.75, 3.05) is 24.3 Å². The maximum Gasteiger partial charge on any atom is 0.258 e. The molecule has 0 saturated heterocycles. The number of carbonyl (C=O) groups excluding carboxylic acids is 1. The lowest BCUT2D eigenvalue weighted by Gasteiger charge is -2.19. The summed E-state index contributed by atoms with van der Waals surface area (Å²) in [6.45, 7) is 4.08. The molecule has 0 aliphatic rings. The third-order valence-electron chi connectivity index (χ3n) is 3.32. The van der Waals surface area contributed by atoms with E-state index in [1.54, 1.807) is 4.90 Å². The molecule has 0 heterocycles. The number of carbonyl (C=O) groups is 1. The summed E-state index contributed by atoms with van der Waals surface area (Å²) in [5.74, 6) is -0.00217. The molecule has 0 bridgehead atoms. The van der Waals surface area contributed by atoms with Crippen molar-refractivity contribution < 1.29 is 4.79 Å². The molecule has 20 heavy (non-hydrogen) atoms. The highest BCUT2D eigenvalue weighted by Gasteiger charge is 2.13. The van der Waals surface area contributed by atoms with Crippen LogP contribution in [0, 0.1) is 13.8 Å². The minimum Gasteiger partial charge on any atom is -0.388 e. The van der Waals surface area contributed by atoms with Crippen LogP contribution >= 0.6 is 0 Å². The summed E-state index contributed by atoms with van der Waals surface area (Å²) >= 11 is 0. The Morgan fingerprint density at radius 1 is 1.00 bits per heavy atom. The molecule has 2 rings (SSSR count). The average Bonchev–Trinajstić information content (AvgIpc) is 2.45. The van der Waals surface area contributed by atoms with Gasteiger partial charge in [-0.25, -0.2) is 0 Å². The summed E-state index contributed by atoms with van der Waals surface area (Å²) in [4.78, 5) is 14.2. The fourth-order valence-corrected chi connectivity index (χ4v) is 2.23. The second-order valence-corrected chi connectivity index (χ2v) is 5.04. The van der Waals surface area contributed by atoms with Crippen LogP contribution in [-0.4, -0.2) is 20.0 Å². The second-order valence-electron chi connectivity index (χ2n) is 5.04. The number of hydrogen-bond donors (Lipinski definition) is 1. The number of rotatable bonds is 3. The van der Waals surface area contributed by atoms with Crippen molar-refractivity contribution >= 4 is 17.3 Å². The SMILES string of the molecule is CNc1ccc(C(=O)N(C)c2cc(C)cc(C)c2)cc1. The smallest absolute Gasteiger partial charge is 0.258 e. The van der Waals surface area contributed by atoms with Gasteiger partial charge in [0.25, 0.3) is 5.91 Å². The van der Waals surface area contributed by atoms with E-state index < -0.39 is 0 Å². The Hall–Kier alpha value is -2.29. The van der Waals surface area contributed by atoms with Gasteiger partial charge in [0.2, 0.25) is 0 Å². The van der Waals surface area contributed by atoms with Crippen LogP contribution in [0.4, 0.5) is 11.4 Å². The first kappa shape index (κ1) is 14.1. The summed E-state index contributed by atoms with van der Waals surface area (Å²) in [7, 11) is 3.67. The Morgan fingerprint density at radius 3 is 2.05 bits per heavy atom. The first-order chi connectivity index (χ1) is 9.51. The highest BCUT2D eigenvalue weighted by Crippen LogP contribution is 2.20. The van der Waals surface area contributed by atoms with Gasteiger partial charge in [-0.2, -0.15) is 0 Å². The maximum absolute atomic E-state index is 12.5. The highest BCUT2D eigenvalue weighted by atomic mass is 16.2. The number of hydrogen-bond acceptors (Lipinski definition) is 2. The minimum absolute atomic E-state index is 0.00217. The Morgan fingerprint density at radius 2 is 1.55 bits per heavy atom. The van der Waals surface area contributed by atoms with E-state index in [-0.39, 0.29) is 5.91 Å². The number of nitrogens with zero attached hydrogens (tertiary/aromatic N) is 1. The van der Waals surface area contributed by atoms with Crippen molar-refractivity contribution in [2.45, 2.75) is 13.8 Å². The van der Waals surface area contributed by atoms with Crippen LogP contribution in [0.1, 0.15) is 21.5 Å². The molecule has 2 aromatic carbocycles. The molecular weight excluding hydrogens is 248 g/mol. The van der Waals surface area contributed by atoms with Crippen molar-refractivity contribution in [1.82, 2.24) is 0 Å². The van der Waals surface area contributed by atoms with E-state index in [0.29, 0.717) is 5.56 Å². The summed E-state index contributed by atoms with van der Waals surface area (Å²) < 4.78 is 0. The molecule has 3 nitrogen and oxygen atoms in total. The molecule has 0 unspecified atom stereocenters. The Labute approximate surface area is 120 Å². The summed E-state index contributed by atoms with van der Waals surface area (Å²) in [6, 6.07) is 13.6. The van der Waals surface area contributed by atoms with Crippen LogP contribution in [0.25, 0.3) is 0 Å². The third-order valence-corrected chi connectivity index (χ3v) is 3.32. The fraction of sp³-hybridized carbons (Fsp3) is 0.235. The number of amides is 1. The van der Waals surface area contributed by atoms with E-state index in [2.05, 4.69) is 11.4 Å². The van der Waals surface area contributed by atoms with Crippen molar-refractivity contribution in [3.8, 4) is 0 Å². The molecule has 0 fully saturated rings. The molecule has 1 amide bonds. The van der Waals surface area contributed by atoms with Crippen LogP contribution < -0.4 is 10.2 Å². The quantitative estimate of drug-likeness (QED) is 0.922. The molecule has 0 saturated carbocycles. The number of nitrogens with one attached hydrogen (secondary N) is 1. The molecule has 0 aliphatic heterocycles. The Balaban J connectivity index is 2.27. The van der Waals surface area contributed by atoms with Gasteiger partial charge in [-0.1, -0.05) is 6.07 Å². The number of anilines is 2. The van der Waals surface area contributed by atoms with Crippen molar-refractivity contribution in [3.63, 3.8) is 0 Å². The third kappa shape index (κ3) is 2.99. The molecule has 2 aromatic rings. The molecule has 0 atom stereocenters. The summed E-state index contributed by atoms with van der Waals surface area (Å²) in [6.07, 6.45) is 0. The van der Waals surface area contributed by atoms with Crippen LogP contribution in [0.5, 0.6) is 0 Å². The zero-order chi connectivity index (χ0) is 14.7. The lowest BCUT2D eigenvalue weighted by atomic mass is 10.1. The molecule has 0 aliphatic carbocycles. The monoisotopic (exact) mass is 268 g/mol. The van der Waals surface area contributed by atoms with Crippen LogP contribution in [-0.2, 0) is 0 Å². The van der Waals surface area contributed by atoms with Crippen molar-refractivity contribution in [2.24, 2.45) is 0 Å². The second kappa shape index (κ2) is 5.78. The Bertz CT molecular complexity index is 597. The van der Waals surface area contributed by atoms with Gasteiger partial charge < -0.3 is 10.2 Å². The molecule has 0 radical (unpaired) electrons. The van der Waals surface area contributed by atoms with E-state index >= 15 is 0 Å². The summed E-state index contributed by atoms with van der Waals surface area (Å²) in [5.41, 5.74) is 4.92. The van der Waals surface area contributed by atoms with E-state index in [1.807, 2.05) is 64.3 Å². The van der Waals surface area contributed by atoms with Crippen LogP contribution in [0.15, 0.2) is 42.5 Å². The predicted octanol–water partition coefficient (Wildman–Crippen LogP) is 3.62. The van der Waals surface area contributed by atoms with E-state index in [9.17, 15) is 4.79 Å². The average molecular weight is 268 g/mol. The first-order valence-corrected chi connectivity index (χ1v) is 6.65. The number of benzene rings is 2. The fourth-order valence-electron chi connectivity index (χ4n) is 2.23. The topological polar surface area (TPSA) is 32.3 Å². The lowest BCUT2D eigenvalue weighted by Crippen LogP contribution is -2.26. The molecule has 0 spiro atoms. The standard InChI is InChI=1S/C17H20N2O/c1-12-9-13(2)11-16(10-12)19(4)17(20)14-5-7-15(18-3)8-6-14/h5-11,18H,1-4H3. The van der Waals surface area contributed by atoms with Gasteiger partial charge in [-0.15, -0.1) is 0 Å². The molecule has 1 N–H and O–H groups in total. The molecule has 3 heteroatoms. The van der Waals surface area contributed by atoms with Crippen molar-refractivity contribution in [1.29, 1.82) is 0 Å². The van der Waals surface area contributed by atoms with Gasteiger partial charge in [0.1, 0.15) is 0 Å². The van der Waals surface area contributed by atoms with Gasteiger partial charge in [0.05, 0.1) is 0 Å². The van der Waals surface area contributed by atoms with Crippen LogP contribution in [0.2, 0.25) is 0 Å². The minimum atomic E-state index is -0.00217. The summed E-state index contributed by atoms with van der Waals surface area (Å²) in [5, 5.41) is 3.04. The van der Waals surface area contributed by atoms with Gasteiger partial charge in [0.15, 0.2) is 0 Å². The largest absolute Gasteiger partial charge is 0.388 e. The normalized spacial score (nSPS) is 10.2.